The van der Waals surface area contributed by atoms with Crippen molar-refractivity contribution >= 4 is 40.7 Å². The molecule has 9 heteroatoms. The molecule has 0 N–H and O–H groups in total. The highest BCUT2D eigenvalue weighted by molar-refractivity contribution is 7.07. The Kier molecular flexibility index (Phi) is 7.33. The Labute approximate surface area is 223 Å². The highest BCUT2D eigenvalue weighted by atomic mass is 35.5. The first-order valence-electron chi connectivity index (χ1n) is 12.2. The maximum absolute atomic E-state index is 13.7. The molecule has 2 aromatic carbocycles. The molecule has 0 bridgehead atoms. The highest BCUT2D eigenvalue weighted by Gasteiger charge is 2.33. The lowest BCUT2D eigenvalue weighted by atomic mass is 9.96. The molecule has 0 saturated carbocycles. The Morgan fingerprint density at radius 2 is 1.81 bits per heavy atom. The van der Waals surface area contributed by atoms with Crippen LogP contribution in [0, 0.1) is 0 Å². The van der Waals surface area contributed by atoms with Crippen molar-refractivity contribution in [2.24, 2.45) is 4.99 Å². The number of thiazole rings is 1. The van der Waals surface area contributed by atoms with Crippen LogP contribution in [-0.4, -0.2) is 42.9 Å². The molecule has 3 aromatic rings. The van der Waals surface area contributed by atoms with Gasteiger partial charge in [0.2, 0.25) is 0 Å². The van der Waals surface area contributed by atoms with Crippen molar-refractivity contribution in [3.05, 3.63) is 95.6 Å². The first-order chi connectivity index (χ1) is 17.8. The molecular weight excluding hydrogens is 510 g/mol. The monoisotopic (exact) mass is 537 g/mol. The predicted molar refractivity (Wildman–Crippen MR) is 146 cm³/mol. The molecular formula is C28H28ClN3O4S. The lowest BCUT2D eigenvalue weighted by Crippen LogP contribution is -2.40. The molecule has 1 saturated heterocycles. The standard InChI is InChI=1S/C28H28ClN3O4S/c1-17(2)36-27(34)24-18(3)30-28-32(25(24)20-6-8-21(29)9-7-20)26(33)23(37-28)16-19-4-10-22(11-5-19)31-12-14-35-15-13-31/h4-11,16-17,25H,12-15H2,1-3H3/b23-16+/t25-/m1/s1. The number of nitrogens with zero attached hydrogens (tertiary/aromatic N) is 3. The van der Waals surface area contributed by atoms with Crippen LogP contribution in [0.25, 0.3) is 6.08 Å². The number of fused-ring (bicyclic) bond motifs is 1. The summed E-state index contributed by atoms with van der Waals surface area (Å²) >= 11 is 7.44. The van der Waals surface area contributed by atoms with Crippen LogP contribution in [0.5, 0.6) is 0 Å². The van der Waals surface area contributed by atoms with Gasteiger partial charge < -0.3 is 14.4 Å². The van der Waals surface area contributed by atoms with E-state index in [0.717, 1.165) is 43.1 Å². The van der Waals surface area contributed by atoms with Crippen LogP contribution in [0.2, 0.25) is 5.02 Å². The molecule has 1 fully saturated rings. The number of carbonyl (C=O) groups is 1. The van der Waals surface area contributed by atoms with E-state index in [1.54, 1.807) is 37.5 Å². The number of hydrogen-bond acceptors (Lipinski definition) is 7. The minimum Gasteiger partial charge on any atom is -0.459 e. The maximum Gasteiger partial charge on any atom is 0.338 e. The summed E-state index contributed by atoms with van der Waals surface area (Å²) in [6, 6.07) is 14.7. The maximum atomic E-state index is 13.7. The van der Waals surface area contributed by atoms with Crippen molar-refractivity contribution in [1.82, 2.24) is 4.57 Å². The SMILES string of the molecule is CC1=C(C(=O)OC(C)C)[C@@H](c2ccc(Cl)cc2)n2c(s/c(=C/c3ccc(N4CCOCC4)cc3)c2=O)=N1. The summed E-state index contributed by atoms with van der Waals surface area (Å²) in [4.78, 5) is 34.4. The number of benzene rings is 2. The van der Waals surface area contributed by atoms with Crippen molar-refractivity contribution in [2.45, 2.75) is 32.9 Å². The van der Waals surface area contributed by atoms with Gasteiger partial charge in [0.05, 0.1) is 41.2 Å². The van der Waals surface area contributed by atoms with Crippen LogP contribution in [-0.2, 0) is 14.3 Å². The van der Waals surface area contributed by atoms with Crippen LogP contribution >= 0.6 is 22.9 Å². The number of ether oxygens (including phenoxy) is 2. The Balaban J connectivity index is 1.58. The molecule has 3 heterocycles. The zero-order valence-corrected chi connectivity index (χ0v) is 22.5. The minimum atomic E-state index is -0.661. The summed E-state index contributed by atoms with van der Waals surface area (Å²) in [7, 11) is 0. The quantitative estimate of drug-likeness (QED) is 0.464. The number of esters is 1. The second kappa shape index (κ2) is 10.7. The molecule has 7 nitrogen and oxygen atoms in total. The third-order valence-electron chi connectivity index (χ3n) is 6.34. The van der Waals surface area contributed by atoms with Crippen LogP contribution in [0.15, 0.2) is 69.6 Å². The van der Waals surface area contributed by atoms with Crippen molar-refractivity contribution in [1.29, 1.82) is 0 Å². The van der Waals surface area contributed by atoms with Gasteiger partial charge in [-0.15, -0.1) is 0 Å². The van der Waals surface area contributed by atoms with Crippen LogP contribution in [0.4, 0.5) is 5.69 Å². The van der Waals surface area contributed by atoms with E-state index in [9.17, 15) is 9.59 Å². The smallest absolute Gasteiger partial charge is 0.338 e. The number of allylic oxidation sites excluding steroid dienone is 1. The Hall–Kier alpha value is -3.20. The normalized spacial score (nSPS) is 18.1. The van der Waals surface area contributed by atoms with Crippen LogP contribution in [0.3, 0.4) is 0 Å². The van der Waals surface area contributed by atoms with Gasteiger partial charge in [0.1, 0.15) is 0 Å². The van der Waals surface area contributed by atoms with E-state index in [-0.39, 0.29) is 11.7 Å². The molecule has 0 radical (unpaired) electrons. The predicted octanol–water partition coefficient (Wildman–Crippen LogP) is 3.68. The third-order valence-corrected chi connectivity index (χ3v) is 7.57. The molecule has 0 aliphatic carbocycles. The van der Waals surface area contributed by atoms with Crippen molar-refractivity contribution < 1.29 is 14.3 Å². The Morgan fingerprint density at radius 1 is 1.14 bits per heavy atom. The van der Waals surface area contributed by atoms with Gasteiger partial charge in [-0.05, 0) is 62.2 Å². The zero-order valence-electron chi connectivity index (χ0n) is 20.9. The fraction of sp³-hybridized carbons (Fsp3) is 0.321. The van der Waals surface area contributed by atoms with E-state index in [1.165, 1.54) is 11.3 Å². The summed E-state index contributed by atoms with van der Waals surface area (Å²) in [5.74, 6) is -0.482. The lowest BCUT2D eigenvalue weighted by molar-refractivity contribution is -0.143. The summed E-state index contributed by atoms with van der Waals surface area (Å²) in [5.41, 5.74) is 3.49. The average molecular weight is 538 g/mol. The van der Waals surface area contributed by atoms with Crippen molar-refractivity contribution in [3.63, 3.8) is 0 Å². The molecule has 0 unspecified atom stereocenters. The average Bonchev–Trinajstić information content (AvgIpc) is 3.18. The van der Waals surface area contributed by atoms with Gasteiger partial charge in [-0.25, -0.2) is 9.79 Å². The van der Waals surface area contributed by atoms with Gasteiger partial charge in [-0.3, -0.25) is 9.36 Å². The molecule has 2 aliphatic rings. The fourth-order valence-corrected chi connectivity index (χ4v) is 5.75. The molecule has 5 rings (SSSR count). The second-order valence-corrected chi connectivity index (χ2v) is 10.7. The number of morpholine rings is 1. The zero-order chi connectivity index (χ0) is 26.1. The first-order valence-corrected chi connectivity index (χ1v) is 13.4. The van der Waals surface area contributed by atoms with Gasteiger partial charge in [-0.2, -0.15) is 0 Å². The van der Waals surface area contributed by atoms with Crippen LogP contribution < -0.4 is 19.8 Å². The number of rotatable bonds is 5. The summed E-state index contributed by atoms with van der Waals surface area (Å²) < 4.78 is 13.1. The Bertz CT molecular complexity index is 1520. The fourth-order valence-electron chi connectivity index (χ4n) is 4.57. The summed E-state index contributed by atoms with van der Waals surface area (Å²) in [5, 5.41) is 0.573. The molecule has 192 valence electrons. The van der Waals surface area contributed by atoms with Gasteiger partial charge in [-0.1, -0.05) is 47.2 Å². The van der Waals surface area contributed by atoms with E-state index < -0.39 is 12.0 Å². The van der Waals surface area contributed by atoms with Gasteiger partial charge in [0.15, 0.2) is 4.80 Å². The molecule has 0 spiro atoms. The highest BCUT2D eigenvalue weighted by Crippen LogP contribution is 2.31. The number of aromatic nitrogens is 1. The van der Waals surface area contributed by atoms with Crippen molar-refractivity contribution in [2.75, 3.05) is 31.2 Å². The molecule has 1 aromatic heterocycles. The molecule has 0 amide bonds. The molecule has 1 atom stereocenters. The van der Waals surface area contributed by atoms with E-state index >= 15 is 0 Å². The van der Waals surface area contributed by atoms with E-state index in [1.807, 2.05) is 30.3 Å². The third kappa shape index (κ3) is 5.28. The number of carbonyl (C=O) groups excluding carboxylic acids is 1. The van der Waals surface area contributed by atoms with Crippen molar-refractivity contribution in [3.8, 4) is 0 Å². The number of anilines is 1. The van der Waals surface area contributed by atoms with Gasteiger partial charge in [0.25, 0.3) is 5.56 Å². The summed E-state index contributed by atoms with van der Waals surface area (Å²) in [6.45, 7) is 8.55. The number of hydrogen-bond donors (Lipinski definition) is 0. The van der Waals surface area contributed by atoms with E-state index in [2.05, 4.69) is 22.0 Å². The second-order valence-electron chi connectivity index (χ2n) is 9.28. The molecule has 2 aliphatic heterocycles. The minimum absolute atomic E-state index is 0.205. The summed E-state index contributed by atoms with van der Waals surface area (Å²) in [6.07, 6.45) is 1.57. The lowest BCUT2D eigenvalue weighted by Gasteiger charge is -2.28. The van der Waals surface area contributed by atoms with Gasteiger partial charge >= 0.3 is 5.97 Å². The largest absolute Gasteiger partial charge is 0.459 e. The number of halogens is 1. The van der Waals surface area contributed by atoms with Crippen LogP contribution in [0.1, 0.15) is 37.9 Å². The van der Waals surface area contributed by atoms with E-state index in [4.69, 9.17) is 21.1 Å². The Morgan fingerprint density at radius 3 is 2.46 bits per heavy atom. The van der Waals surface area contributed by atoms with Gasteiger partial charge in [0, 0.05) is 23.8 Å². The first kappa shape index (κ1) is 25.4. The van der Waals surface area contributed by atoms with E-state index in [0.29, 0.717) is 25.6 Å². The topological polar surface area (TPSA) is 73.1 Å². The molecule has 37 heavy (non-hydrogen) atoms.